The number of hydrogen-bond donors (Lipinski definition) is 1. The fourth-order valence-corrected chi connectivity index (χ4v) is 4.33. The van der Waals surface area contributed by atoms with Crippen LogP contribution in [-0.2, 0) is 9.53 Å². The first-order chi connectivity index (χ1) is 15.5. The highest BCUT2D eigenvalue weighted by Gasteiger charge is 2.42. The molecule has 0 amide bonds. The van der Waals surface area contributed by atoms with Crippen molar-refractivity contribution in [3.8, 4) is 5.69 Å². The number of carbonyl (C=O) groups excluding carboxylic acids is 1. The molecule has 1 fully saturated rings. The number of nitrogens with zero attached hydrogens (tertiary/aromatic N) is 4. The topological polar surface area (TPSA) is 62.6 Å². The second-order valence-corrected chi connectivity index (χ2v) is 8.16. The minimum absolute atomic E-state index is 0.0679. The van der Waals surface area contributed by atoms with Crippen molar-refractivity contribution in [2.45, 2.75) is 19.0 Å². The molecule has 2 atom stereocenters. The summed E-state index contributed by atoms with van der Waals surface area (Å²) < 4.78 is 7.35. The first-order valence-electron chi connectivity index (χ1n) is 10.6. The third-order valence-corrected chi connectivity index (χ3v) is 5.88. The molecule has 1 aromatic carbocycles. The number of carbonyl (C=O) groups is 1. The van der Waals surface area contributed by atoms with Gasteiger partial charge in [-0.05, 0) is 67.7 Å². The molecule has 2 aromatic heterocycles. The maximum absolute atomic E-state index is 12.4. The fourth-order valence-electron chi connectivity index (χ4n) is 4.02. The average molecular weight is 450 g/mol. The summed E-state index contributed by atoms with van der Waals surface area (Å²) in [6, 6.07) is 17.8. The molecule has 1 N–H and O–H groups in total. The number of anilines is 1. The molecule has 166 valence electrons. The van der Waals surface area contributed by atoms with Gasteiger partial charge in [-0.2, -0.15) is 0 Å². The van der Waals surface area contributed by atoms with E-state index in [1.807, 2.05) is 49.5 Å². The van der Waals surface area contributed by atoms with E-state index < -0.39 is 0 Å². The normalized spacial score (nSPS) is 17.8. The molecule has 1 aliphatic rings. The van der Waals surface area contributed by atoms with Crippen molar-refractivity contribution in [3.05, 3.63) is 78.4 Å². The average Bonchev–Trinajstić information content (AvgIpc) is 3.39. The lowest BCUT2D eigenvalue weighted by atomic mass is 10.0. The van der Waals surface area contributed by atoms with Crippen LogP contribution in [0.15, 0.2) is 67.0 Å². The van der Waals surface area contributed by atoms with Crippen LogP contribution in [0, 0.1) is 0 Å². The zero-order valence-electron chi connectivity index (χ0n) is 18.4. The summed E-state index contributed by atoms with van der Waals surface area (Å²) >= 11 is 5.64. The number of benzene rings is 1. The van der Waals surface area contributed by atoms with E-state index in [0.29, 0.717) is 11.7 Å². The smallest absolute Gasteiger partial charge is 0.325 e. The Morgan fingerprint density at radius 1 is 1.16 bits per heavy atom. The van der Waals surface area contributed by atoms with Gasteiger partial charge in [-0.3, -0.25) is 9.78 Å². The Labute approximate surface area is 193 Å². The minimum atomic E-state index is -0.309. The van der Waals surface area contributed by atoms with E-state index >= 15 is 0 Å². The van der Waals surface area contributed by atoms with Crippen LogP contribution in [0.2, 0.25) is 0 Å². The monoisotopic (exact) mass is 449 g/mol. The lowest BCUT2D eigenvalue weighted by molar-refractivity contribution is -0.143. The number of hydrogen-bond acceptors (Lipinski definition) is 5. The highest BCUT2D eigenvalue weighted by atomic mass is 32.1. The number of rotatable bonds is 7. The Balaban J connectivity index is 1.75. The summed E-state index contributed by atoms with van der Waals surface area (Å²) in [6.45, 7) is 2.20. The summed E-state index contributed by atoms with van der Waals surface area (Å²) in [5.41, 5.74) is 4.03. The second kappa shape index (κ2) is 9.40. The van der Waals surface area contributed by atoms with Gasteiger partial charge in [0.05, 0.1) is 24.4 Å². The number of esters is 1. The molecule has 0 saturated carbocycles. The molecule has 1 saturated heterocycles. The number of ether oxygens (including phenoxy) is 1. The van der Waals surface area contributed by atoms with Crippen LogP contribution < -0.4 is 10.2 Å². The molecule has 8 heteroatoms. The van der Waals surface area contributed by atoms with Crippen LogP contribution in [-0.4, -0.2) is 52.8 Å². The molecule has 4 rings (SSSR count). The van der Waals surface area contributed by atoms with E-state index in [1.54, 1.807) is 13.1 Å². The van der Waals surface area contributed by atoms with Crippen molar-refractivity contribution in [1.29, 1.82) is 0 Å². The number of thiocarbonyl (C=S) groups is 1. The van der Waals surface area contributed by atoms with Crippen LogP contribution in [0.5, 0.6) is 0 Å². The highest BCUT2D eigenvalue weighted by molar-refractivity contribution is 7.80. The summed E-state index contributed by atoms with van der Waals surface area (Å²) in [4.78, 5) is 20.9. The number of pyridine rings is 1. The van der Waals surface area contributed by atoms with Crippen LogP contribution in [0.25, 0.3) is 5.69 Å². The van der Waals surface area contributed by atoms with Crippen molar-refractivity contribution in [3.63, 3.8) is 0 Å². The van der Waals surface area contributed by atoms with Gasteiger partial charge in [0.1, 0.15) is 6.54 Å². The summed E-state index contributed by atoms with van der Waals surface area (Å²) in [6.07, 6.45) is 3.80. The van der Waals surface area contributed by atoms with E-state index in [-0.39, 0.29) is 24.6 Å². The molecule has 0 spiro atoms. The fraction of sp³-hybridized carbons (Fsp3) is 0.292. The van der Waals surface area contributed by atoms with Gasteiger partial charge < -0.3 is 24.4 Å². The van der Waals surface area contributed by atoms with Crippen molar-refractivity contribution in [1.82, 2.24) is 19.8 Å². The lowest BCUT2D eigenvalue weighted by Gasteiger charge is -2.28. The van der Waals surface area contributed by atoms with E-state index in [0.717, 1.165) is 22.8 Å². The van der Waals surface area contributed by atoms with Gasteiger partial charge in [-0.1, -0.05) is 6.07 Å². The molecular weight excluding hydrogens is 422 g/mol. The lowest BCUT2D eigenvalue weighted by Crippen LogP contribution is -2.36. The van der Waals surface area contributed by atoms with E-state index in [2.05, 4.69) is 50.1 Å². The van der Waals surface area contributed by atoms with Crippen LogP contribution in [0.1, 0.15) is 30.4 Å². The molecule has 1 aliphatic heterocycles. The highest BCUT2D eigenvalue weighted by Crippen LogP contribution is 2.39. The van der Waals surface area contributed by atoms with E-state index in [9.17, 15) is 4.79 Å². The largest absolute Gasteiger partial charge is 0.465 e. The predicted molar refractivity (Wildman–Crippen MR) is 129 cm³/mol. The number of nitrogens with one attached hydrogen (secondary N) is 1. The van der Waals surface area contributed by atoms with Crippen molar-refractivity contribution in [2.24, 2.45) is 0 Å². The van der Waals surface area contributed by atoms with Gasteiger partial charge in [0.15, 0.2) is 5.11 Å². The van der Waals surface area contributed by atoms with Crippen LogP contribution in [0.4, 0.5) is 5.69 Å². The van der Waals surface area contributed by atoms with Crippen molar-refractivity contribution < 1.29 is 9.53 Å². The molecule has 7 nitrogen and oxygen atoms in total. The van der Waals surface area contributed by atoms with Crippen molar-refractivity contribution >= 4 is 29.0 Å². The third-order valence-electron chi connectivity index (χ3n) is 5.53. The van der Waals surface area contributed by atoms with Gasteiger partial charge in [0.2, 0.25) is 0 Å². The van der Waals surface area contributed by atoms with Crippen LogP contribution >= 0.6 is 12.2 Å². The quantitative estimate of drug-likeness (QED) is 0.438. The van der Waals surface area contributed by atoms with Gasteiger partial charge in [-0.25, -0.2) is 0 Å². The molecule has 0 aliphatic carbocycles. The van der Waals surface area contributed by atoms with Crippen molar-refractivity contribution in [2.75, 3.05) is 32.1 Å². The summed E-state index contributed by atoms with van der Waals surface area (Å²) in [5.74, 6) is -0.309. The summed E-state index contributed by atoms with van der Waals surface area (Å²) in [5, 5.41) is 3.88. The number of aromatic nitrogens is 2. The molecular formula is C24H27N5O2S. The van der Waals surface area contributed by atoms with Gasteiger partial charge in [0.25, 0.3) is 0 Å². The van der Waals surface area contributed by atoms with Gasteiger partial charge in [-0.15, -0.1) is 0 Å². The molecule has 32 heavy (non-hydrogen) atoms. The third kappa shape index (κ3) is 4.31. The Hall–Kier alpha value is -3.39. The Morgan fingerprint density at radius 3 is 2.59 bits per heavy atom. The zero-order chi connectivity index (χ0) is 22.7. The Kier molecular flexibility index (Phi) is 6.41. The van der Waals surface area contributed by atoms with E-state index in [4.69, 9.17) is 17.0 Å². The molecule has 3 heterocycles. The maximum Gasteiger partial charge on any atom is 0.325 e. The molecule has 3 aromatic rings. The Morgan fingerprint density at radius 2 is 1.94 bits per heavy atom. The molecule has 0 radical (unpaired) electrons. The van der Waals surface area contributed by atoms with Gasteiger partial charge >= 0.3 is 5.97 Å². The SMILES string of the molecule is CCOC(=O)CN1C(=S)N[C@@H](c2ccccn2)[C@@H]1c1cccn1-c1ccc(N(C)C)cc1. The first kappa shape index (κ1) is 21.8. The zero-order valence-corrected chi connectivity index (χ0v) is 19.2. The first-order valence-corrected chi connectivity index (χ1v) is 11.0. The van der Waals surface area contributed by atoms with E-state index in [1.165, 1.54) is 0 Å². The molecule has 0 unspecified atom stereocenters. The standard InChI is InChI=1S/C24H27N5O2S/c1-4-31-21(30)16-29-23(22(26-24(29)32)19-8-5-6-14-25-19)20-9-7-15-28(20)18-12-10-17(11-13-18)27(2)3/h5-15,22-23H,4,16H2,1-3H3,(H,26,32)/t22-,23-/m0/s1. The van der Waals surface area contributed by atoms with Gasteiger partial charge in [0, 0.05) is 43.6 Å². The summed E-state index contributed by atoms with van der Waals surface area (Å²) in [7, 11) is 4.04. The molecule has 0 bridgehead atoms. The Bertz CT molecular complexity index is 1080. The van der Waals surface area contributed by atoms with Crippen LogP contribution in [0.3, 0.4) is 0 Å². The maximum atomic E-state index is 12.4. The second-order valence-electron chi connectivity index (χ2n) is 7.77. The predicted octanol–water partition coefficient (Wildman–Crippen LogP) is 3.47. The minimum Gasteiger partial charge on any atom is -0.465 e.